The van der Waals surface area contributed by atoms with E-state index in [1.54, 1.807) is 19.1 Å². The summed E-state index contributed by atoms with van der Waals surface area (Å²) in [6, 6.07) is 4.58. The summed E-state index contributed by atoms with van der Waals surface area (Å²) >= 11 is 3.14. The molecule has 0 aliphatic carbocycles. The molecule has 0 amide bonds. The quantitative estimate of drug-likeness (QED) is 0.928. The second kappa shape index (κ2) is 5.05. The van der Waals surface area contributed by atoms with Gasteiger partial charge in [-0.05, 0) is 40.5 Å². The van der Waals surface area contributed by atoms with Gasteiger partial charge in [0.2, 0.25) is 0 Å². The molecule has 1 atom stereocenters. The van der Waals surface area contributed by atoms with E-state index in [1.165, 1.54) is 6.07 Å². The standard InChI is InChI=1S/C10H11BrF3NO/c1-6(15)7-2-3-9(8(11)4-7)16-5-10(12,13)14/h2-4,6H,5,15H2,1H3/t6-/m1/s1. The maximum atomic E-state index is 11.9. The summed E-state index contributed by atoms with van der Waals surface area (Å²) in [6.45, 7) is 0.487. The lowest BCUT2D eigenvalue weighted by atomic mass is 10.1. The zero-order chi connectivity index (χ0) is 12.3. The number of benzene rings is 1. The van der Waals surface area contributed by atoms with Crippen LogP contribution in [0.1, 0.15) is 18.5 Å². The predicted molar refractivity (Wildman–Crippen MR) is 58.3 cm³/mol. The molecule has 6 heteroatoms. The summed E-state index contributed by atoms with van der Waals surface area (Å²) in [5.41, 5.74) is 6.46. The summed E-state index contributed by atoms with van der Waals surface area (Å²) in [7, 11) is 0. The van der Waals surface area contributed by atoms with Crippen molar-refractivity contribution >= 4 is 15.9 Å². The lowest BCUT2D eigenvalue weighted by molar-refractivity contribution is -0.153. The van der Waals surface area contributed by atoms with Gasteiger partial charge in [0.05, 0.1) is 4.47 Å². The highest BCUT2D eigenvalue weighted by Crippen LogP contribution is 2.29. The number of nitrogens with two attached hydrogens (primary N) is 1. The largest absolute Gasteiger partial charge is 0.483 e. The van der Waals surface area contributed by atoms with Crippen LogP contribution in [0, 0.1) is 0 Å². The molecule has 0 spiro atoms. The van der Waals surface area contributed by atoms with E-state index in [0.717, 1.165) is 5.56 Å². The highest BCUT2D eigenvalue weighted by Gasteiger charge is 2.28. The second-order valence-electron chi connectivity index (χ2n) is 3.38. The van der Waals surface area contributed by atoms with Gasteiger partial charge >= 0.3 is 6.18 Å². The molecule has 2 nitrogen and oxygen atoms in total. The Morgan fingerprint density at radius 1 is 1.44 bits per heavy atom. The van der Waals surface area contributed by atoms with Gasteiger partial charge in [-0.2, -0.15) is 13.2 Å². The maximum absolute atomic E-state index is 11.9. The van der Waals surface area contributed by atoms with Crippen molar-refractivity contribution < 1.29 is 17.9 Å². The Bertz CT molecular complexity index is 366. The van der Waals surface area contributed by atoms with Crippen molar-refractivity contribution in [3.63, 3.8) is 0 Å². The number of hydrogen-bond donors (Lipinski definition) is 1. The smallest absolute Gasteiger partial charge is 0.422 e. The van der Waals surface area contributed by atoms with E-state index in [-0.39, 0.29) is 11.8 Å². The molecular formula is C10H11BrF3NO. The van der Waals surface area contributed by atoms with Crippen molar-refractivity contribution in [3.05, 3.63) is 28.2 Å². The number of halogens is 4. The first-order chi connectivity index (χ1) is 7.29. The van der Waals surface area contributed by atoms with Crippen LogP contribution in [0.4, 0.5) is 13.2 Å². The molecule has 0 unspecified atom stereocenters. The first kappa shape index (κ1) is 13.3. The van der Waals surface area contributed by atoms with Crippen LogP contribution in [0.2, 0.25) is 0 Å². The monoisotopic (exact) mass is 297 g/mol. The zero-order valence-corrected chi connectivity index (χ0v) is 10.1. The van der Waals surface area contributed by atoms with Crippen molar-refractivity contribution in [3.8, 4) is 5.75 Å². The van der Waals surface area contributed by atoms with Crippen LogP contribution >= 0.6 is 15.9 Å². The fourth-order valence-electron chi connectivity index (χ4n) is 1.08. The normalized spacial score (nSPS) is 13.6. The SMILES string of the molecule is C[C@@H](N)c1ccc(OCC(F)(F)F)c(Br)c1. The molecule has 2 N–H and O–H groups in total. The molecule has 0 fully saturated rings. The molecule has 0 saturated carbocycles. The summed E-state index contributed by atoms with van der Waals surface area (Å²) in [6.07, 6.45) is -4.33. The summed E-state index contributed by atoms with van der Waals surface area (Å²) < 4.78 is 40.8. The lowest BCUT2D eigenvalue weighted by Crippen LogP contribution is -2.19. The van der Waals surface area contributed by atoms with E-state index in [9.17, 15) is 13.2 Å². The number of alkyl halides is 3. The van der Waals surface area contributed by atoms with Crippen molar-refractivity contribution in [2.24, 2.45) is 5.73 Å². The van der Waals surface area contributed by atoms with Crippen LogP contribution < -0.4 is 10.5 Å². The highest BCUT2D eigenvalue weighted by molar-refractivity contribution is 9.10. The molecule has 0 aliphatic heterocycles. The summed E-state index contributed by atoms with van der Waals surface area (Å²) in [5, 5.41) is 0. The third-order valence-corrected chi connectivity index (χ3v) is 2.49. The first-order valence-electron chi connectivity index (χ1n) is 4.54. The molecule has 0 saturated heterocycles. The minimum absolute atomic E-state index is 0.154. The fraction of sp³-hybridized carbons (Fsp3) is 0.400. The molecule has 1 rings (SSSR count). The molecule has 0 heterocycles. The van der Waals surface area contributed by atoms with E-state index >= 15 is 0 Å². The number of rotatable bonds is 3. The number of hydrogen-bond acceptors (Lipinski definition) is 2. The van der Waals surface area contributed by atoms with Crippen LogP contribution in [0.15, 0.2) is 22.7 Å². The second-order valence-corrected chi connectivity index (χ2v) is 4.24. The maximum Gasteiger partial charge on any atom is 0.422 e. The van der Waals surface area contributed by atoms with Crippen LogP contribution in [0.5, 0.6) is 5.75 Å². The van der Waals surface area contributed by atoms with Crippen molar-refractivity contribution in [1.82, 2.24) is 0 Å². The van der Waals surface area contributed by atoms with Gasteiger partial charge < -0.3 is 10.5 Å². The molecule has 0 aromatic heterocycles. The lowest BCUT2D eigenvalue weighted by Gasteiger charge is -2.12. The van der Waals surface area contributed by atoms with Crippen LogP contribution in [0.25, 0.3) is 0 Å². The Labute approximate surface area is 99.7 Å². The molecule has 0 aliphatic rings. The Hall–Kier alpha value is -0.750. The van der Waals surface area contributed by atoms with E-state index in [1.807, 2.05) is 0 Å². The van der Waals surface area contributed by atoms with E-state index in [2.05, 4.69) is 20.7 Å². The van der Waals surface area contributed by atoms with Crippen LogP contribution in [0.3, 0.4) is 0 Å². The van der Waals surface area contributed by atoms with E-state index in [0.29, 0.717) is 4.47 Å². The molecule has 0 bridgehead atoms. The topological polar surface area (TPSA) is 35.2 Å². The Balaban J connectivity index is 2.76. The van der Waals surface area contributed by atoms with Crippen molar-refractivity contribution in [2.75, 3.05) is 6.61 Å². The summed E-state index contributed by atoms with van der Waals surface area (Å²) in [5.74, 6) is 0.154. The van der Waals surface area contributed by atoms with E-state index < -0.39 is 12.8 Å². The third-order valence-electron chi connectivity index (χ3n) is 1.87. The van der Waals surface area contributed by atoms with Gasteiger partial charge in [-0.15, -0.1) is 0 Å². The minimum Gasteiger partial charge on any atom is -0.483 e. The van der Waals surface area contributed by atoms with Gasteiger partial charge in [0.1, 0.15) is 5.75 Å². The minimum atomic E-state index is -4.33. The Morgan fingerprint density at radius 3 is 2.50 bits per heavy atom. The molecule has 1 aromatic carbocycles. The zero-order valence-electron chi connectivity index (χ0n) is 8.51. The van der Waals surface area contributed by atoms with Gasteiger partial charge in [-0.3, -0.25) is 0 Å². The summed E-state index contributed by atoms with van der Waals surface area (Å²) in [4.78, 5) is 0. The van der Waals surface area contributed by atoms with Crippen LogP contribution in [-0.4, -0.2) is 12.8 Å². The van der Waals surface area contributed by atoms with Crippen molar-refractivity contribution in [2.45, 2.75) is 19.1 Å². The van der Waals surface area contributed by atoms with Crippen molar-refractivity contribution in [1.29, 1.82) is 0 Å². The molecule has 90 valence electrons. The van der Waals surface area contributed by atoms with Gasteiger partial charge in [0, 0.05) is 6.04 Å². The van der Waals surface area contributed by atoms with E-state index in [4.69, 9.17) is 5.73 Å². The fourth-order valence-corrected chi connectivity index (χ4v) is 1.59. The first-order valence-corrected chi connectivity index (χ1v) is 5.33. The molecule has 0 radical (unpaired) electrons. The molecule has 16 heavy (non-hydrogen) atoms. The number of ether oxygens (including phenoxy) is 1. The molecular weight excluding hydrogens is 287 g/mol. The van der Waals surface area contributed by atoms with Gasteiger partial charge in [-0.1, -0.05) is 6.07 Å². The molecule has 1 aromatic rings. The third kappa shape index (κ3) is 4.02. The average Bonchev–Trinajstić information content (AvgIpc) is 2.14. The van der Waals surface area contributed by atoms with Gasteiger partial charge in [0.15, 0.2) is 6.61 Å². The Kier molecular flexibility index (Phi) is 4.21. The van der Waals surface area contributed by atoms with Crippen LogP contribution in [-0.2, 0) is 0 Å². The average molecular weight is 298 g/mol. The highest BCUT2D eigenvalue weighted by atomic mass is 79.9. The van der Waals surface area contributed by atoms with Gasteiger partial charge in [0.25, 0.3) is 0 Å². The van der Waals surface area contributed by atoms with Gasteiger partial charge in [-0.25, -0.2) is 0 Å². The Morgan fingerprint density at radius 2 is 2.06 bits per heavy atom. The predicted octanol–water partition coefficient (Wildman–Crippen LogP) is 3.41.